The monoisotopic (exact) mass is 325 g/mol. The van der Waals surface area contributed by atoms with Crippen molar-refractivity contribution in [2.45, 2.75) is 0 Å². The second-order valence-electron chi connectivity index (χ2n) is 4.88. The Kier molecular flexibility index (Phi) is 2.95. The Morgan fingerprint density at radius 1 is 0.957 bits per heavy atom. The van der Waals surface area contributed by atoms with Gasteiger partial charge in [0.15, 0.2) is 0 Å². The van der Waals surface area contributed by atoms with Crippen LogP contribution in [0.3, 0.4) is 0 Å². The number of imide groups is 1. The van der Waals surface area contributed by atoms with Crippen LogP contribution in [0, 0.1) is 0 Å². The molecule has 0 unspecified atom stereocenters. The van der Waals surface area contributed by atoms with Gasteiger partial charge in [-0.25, -0.2) is 9.58 Å². The molecule has 8 heteroatoms. The maximum Gasteiger partial charge on any atom is 0.266 e. The van der Waals surface area contributed by atoms with Crippen molar-refractivity contribution in [2.75, 3.05) is 4.90 Å². The fraction of sp³-hybridized carbons (Fsp3) is 0. The molecule has 1 aliphatic heterocycles. The zero-order valence-corrected chi connectivity index (χ0v) is 12.3. The molecule has 4 rings (SSSR count). The lowest BCUT2D eigenvalue weighted by atomic mass is 10.1. The molecule has 2 amide bonds. The highest BCUT2D eigenvalue weighted by Crippen LogP contribution is 2.34. The lowest BCUT2D eigenvalue weighted by Gasteiger charge is -2.16. The van der Waals surface area contributed by atoms with Gasteiger partial charge in [0.2, 0.25) is 0 Å². The maximum atomic E-state index is 12.6. The van der Waals surface area contributed by atoms with Gasteiger partial charge in [-0.05, 0) is 40.8 Å². The first kappa shape index (κ1) is 13.6. The number of carbonyl (C=O) groups excluding carboxylic acids is 2. The lowest BCUT2D eigenvalue weighted by Crippen LogP contribution is -2.29. The normalized spacial score (nSPS) is 13.5. The van der Waals surface area contributed by atoms with Crippen molar-refractivity contribution in [2.24, 2.45) is 0 Å². The van der Waals surface area contributed by atoms with Crippen LogP contribution in [0.5, 0.6) is 0 Å². The van der Waals surface area contributed by atoms with E-state index < -0.39 is 11.8 Å². The predicted molar refractivity (Wildman–Crippen MR) is 81.7 cm³/mol. The van der Waals surface area contributed by atoms with Crippen LogP contribution in [-0.2, 0) is 0 Å². The van der Waals surface area contributed by atoms with Gasteiger partial charge in [0.25, 0.3) is 11.8 Å². The SMILES string of the molecule is O=C1c2ccccc2C(=O)N1c1cc(-n2cnnn2)ccc1Cl. The number of halogens is 1. The lowest BCUT2D eigenvalue weighted by molar-refractivity contribution is 0.0926. The summed E-state index contributed by atoms with van der Waals surface area (Å²) in [5.41, 5.74) is 1.61. The molecule has 7 nitrogen and oxygen atoms in total. The Morgan fingerprint density at radius 3 is 2.26 bits per heavy atom. The van der Waals surface area contributed by atoms with Gasteiger partial charge in [-0.3, -0.25) is 9.59 Å². The number of tetrazole rings is 1. The highest BCUT2D eigenvalue weighted by atomic mass is 35.5. The van der Waals surface area contributed by atoms with Crippen molar-refractivity contribution in [1.29, 1.82) is 0 Å². The average molecular weight is 326 g/mol. The van der Waals surface area contributed by atoms with E-state index in [2.05, 4.69) is 15.5 Å². The van der Waals surface area contributed by atoms with Crippen LogP contribution in [0.4, 0.5) is 5.69 Å². The van der Waals surface area contributed by atoms with Gasteiger partial charge in [0.1, 0.15) is 6.33 Å². The summed E-state index contributed by atoms with van der Waals surface area (Å²) in [4.78, 5) is 26.2. The van der Waals surface area contributed by atoms with Gasteiger partial charge in [-0.15, -0.1) is 5.10 Å². The fourth-order valence-electron chi connectivity index (χ4n) is 2.50. The smallest absolute Gasteiger partial charge is 0.266 e. The molecule has 0 bridgehead atoms. The van der Waals surface area contributed by atoms with Crippen molar-refractivity contribution in [3.8, 4) is 5.69 Å². The predicted octanol–water partition coefficient (Wildman–Crippen LogP) is 2.12. The minimum Gasteiger partial charge on any atom is -0.268 e. The first-order chi connectivity index (χ1) is 11.2. The molecule has 23 heavy (non-hydrogen) atoms. The minimum atomic E-state index is -0.402. The summed E-state index contributed by atoms with van der Waals surface area (Å²) < 4.78 is 1.41. The molecular formula is C15H8ClN5O2. The number of carbonyl (C=O) groups is 2. The Morgan fingerprint density at radius 2 is 1.65 bits per heavy atom. The largest absolute Gasteiger partial charge is 0.268 e. The molecule has 0 aliphatic carbocycles. The minimum absolute atomic E-state index is 0.288. The van der Waals surface area contributed by atoms with Gasteiger partial charge in [-0.1, -0.05) is 23.7 Å². The summed E-state index contributed by atoms with van der Waals surface area (Å²) in [6.07, 6.45) is 1.41. The van der Waals surface area contributed by atoms with Crippen LogP contribution < -0.4 is 4.90 Å². The number of fused-ring (bicyclic) bond motifs is 1. The first-order valence-electron chi connectivity index (χ1n) is 6.67. The third kappa shape index (κ3) is 2.01. The van der Waals surface area contributed by atoms with Crippen LogP contribution >= 0.6 is 11.6 Å². The summed E-state index contributed by atoms with van der Waals surface area (Å²) in [5.74, 6) is -0.803. The number of amides is 2. The van der Waals surface area contributed by atoms with Crippen molar-refractivity contribution in [3.05, 3.63) is 64.9 Å². The van der Waals surface area contributed by atoms with Crippen LogP contribution in [0.1, 0.15) is 20.7 Å². The van der Waals surface area contributed by atoms with E-state index in [1.807, 2.05) is 0 Å². The summed E-state index contributed by atoms with van der Waals surface area (Å²) in [6, 6.07) is 11.6. The van der Waals surface area contributed by atoms with Gasteiger partial charge in [0, 0.05) is 0 Å². The highest BCUT2D eigenvalue weighted by Gasteiger charge is 2.37. The topological polar surface area (TPSA) is 81.0 Å². The zero-order chi connectivity index (χ0) is 16.0. The quantitative estimate of drug-likeness (QED) is 0.674. The fourth-order valence-corrected chi connectivity index (χ4v) is 2.70. The van der Waals surface area contributed by atoms with Gasteiger partial charge in [0.05, 0.1) is 27.5 Å². The standard InChI is InChI=1S/C15H8ClN5O2/c16-12-6-5-9(20-8-17-18-19-20)7-13(12)21-14(22)10-3-1-2-4-11(10)15(21)23/h1-8H. The Bertz CT molecular complexity index is 904. The second kappa shape index (κ2) is 4.99. The van der Waals surface area contributed by atoms with Crippen molar-refractivity contribution >= 4 is 29.1 Å². The van der Waals surface area contributed by atoms with E-state index in [4.69, 9.17) is 11.6 Å². The number of aromatic nitrogens is 4. The molecular weight excluding hydrogens is 318 g/mol. The number of rotatable bonds is 2. The van der Waals surface area contributed by atoms with E-state index in [0.29, 0.717) is 22.5 Å². The summed E-state index contributed by atoms with van der Waals surface area (Å²) in [5, 5.41) is 11.2. The average Bonchev–Trinajstić information content (AvgIpc) is 3.18. The molecule has 0 fully saturated rings. The van der Waals surface area contributed by atoms with Crippen molar-refractivity contribution < 1.29 is 9.59 Å². The second-order valence-corrected chi connectivity index (χ2v) is 5.29. The molecule has 3 aromatic rings. The first-order valence-corrected chi connectivity index (χ1v) is 7.05. The number of anilines is 1. The van der Waals surface area contributed by atoms with Gasteiger partial charge >= 0.3 is 0 Å². The van der Waals surface area contributed by atoms with E-state index in [9.17, 15) is 9.59 Å². The summed E-state index contributed by atoms with van der Waals surface area (Å²) in [7, 11) is 0. The molecule has 0 radical (unpaired) electrons. The van der Waals surface area contributed by atoms with E-state index in [1.54, 1.807) is 42.5 Å². The molecule has 0 spiro atoms. The van der Waals surface area contributed by atoms with Crippen LogP contribution in [0.25, 0.3) is 5.69 Å². The number of hydrogen-bond donors (Lipinski definition) is 0. The number of hydrogen-bond acceptors (Lipinski definition) is 5. The molecule has 112 valence electrons. The van der Waals surface area contributed by atoms with Crippen molar-refractivity contribution in [1.82, 2.24) is 20.2 Å². The molecule has 1 aliphatic rings. The number of benzene rings is 2. The third-order valence-electron chi connectivity index (χ3n) is 3.58. The molecule has 0 atom stereocenters. The Labute approximate surface area is 135 Å². The van der Waals surface area contributed by atoms with Gasteiger partial charge < -0.3 is 0 Å². The Hall–Kier alpha value is -3.06. The van der Waals surface area contributed by atoms with E-state index in [-0.39, 0.29) is 5.02 Å². The summed E-state index contributed by atoms with van der Waals surface area (Å²) >= 11 is 6.20. The van der Waals surface area contributed by atoms with Crippen molar-refractivity contribution in [3.63, 3.8) is 0 Å². The molecule has 0 N–H and O–H groups in total. The Balaban J connectivity index is 1.84. The highest BCUT2D eigenvalue weighted by molar-refractivity contribution is 6.39. The van der Waals surface area contributed by atoms with Crippen LogP contribution in [0.15, 0.2) is 48.8 Å². The molecule has 2 aromatic carbocycles. The third-order valence-corrected chi connectivity index (χ3v) is 3.90. The molecule has 1 aromatic heterocycles. The van der Waals surface area contributed by atoms with Crippen LogP contribution in [-0.4, -0.2) is 32.0 Å². The van der Waals surface area contributed by atoms with E-state index in [1.165, 1.54) is 11.0 Å². The zero-order valence-electron chi connectivity index (χ0n) is 11.5. The molecule has 2 heterocycles. The molecule has 0 saturated carbocycles. The molecule has 0 saturated heterocycles. The van der Waals surface area contributed by atoms with Crippen LogP contribution in [0.2, 0.25) is 5.02 Å². The van der Waals surface area contributed by atoms with Gasteiger partial charge in [-0.2, -0.15) is 0 Å². The van der Waals surface area contributed by atoms with E-state index in [0.717, 1.165) is 4.90 Å². The van der Waals surface area contributed by atoms with E-state index >= 15 is 0 Å². The summed E-state index contributed by atoms with van der Waals surface area (Å²) in [6.45, 7) is 0. The maximum absolute atomic E-state index is 12.6. The number of nitrogens with zero attached hydrogens (tertiary/aromatic N) is 5.